The van der Waals surface area contributed by atoms with Crippen molar-refractivity contribution in [1.82, 2.24) is 25.9 Å². The van der Waals surface area contributed by atoms with Crippen molar-refractivity contribution in [2.45, 2.75) is 57.3 Å². The summed E-state index contributed by atoms with van der Waals surface area (Å²) in [7, 11) is 0. The second-order valence-electron chi connectivity index (χ2n) is 7.69. The summed E-state index contributed by atoms with van der Waals surface area (Å²) < 4.78 is 0. The highest BCUT2D eigenvalue weighted by atomic mass is 32.1. The molecular formula is C19H30N6O7S. The van der Waals surface area contributed by atoms with Crippen LogP contribution in [-0.4, -0.2) is 79.8 Å². The van der Waals surface area contributed by atoms with E-state index in [0.29, 0.717) is 5.69 Å². The smallest absolute Gasteiger partial charge is 0.326 e. The molecule has 0 aliphatic carbocycles. The zero-order valence-corrected chi connectivity index (χ0v) is 19.2. The van der Waals surface area contributed by atoms with Crippen LogP contribution in [0.2, 0.25) is 0 Å². The van der Waals surface area contributed by atoms with E-state index < -0.39 is 60.2 Å². The van der Waals surface area contributed by atoms with Crippen LogP contribution in [0.25, 0.3) is 0 Å². The number of rotatable bonds is 14. The van der Waals surface area contributed by atoms with Gasteiger partial charge in [-0.25, -0.2) is 9.78 Å². The molecular weight excluding hydrogens is 456 g/mol. The highest BCUT2D eigenvalue weighted by Crippen LogP contribution is 2.05. The molecule has 0 aliphatic heterocycles. The Bertz CT molecular complexity index is 833. The van der Waals surface area contributed by atoms with E-state index in [1.54, 1.807) is 13.8 Å². The molecule has 14 heteroatoms. The molecule has 0 radical (unpaired) electrons. The molecule has 0 fully saturated rings. The fourth-order valence-electron chi connectivity index (χ4n) is 2.66. The molecule has 0 aliphatic rings. The van der Waals surface area contributed by atoms with Crippen molar-refractivity contribution in [3.63, 3.8) is 0 Å². The van der Waals surface area contributed by atoms with Crippen molar-refractivity contribution in [3.05, 3.63) is 18.2 Å². The third kappa shape index (κ3) is 9.49. The average molecular weight is 487 g/mol. The van der Waals surface area contributed by atoms with Crippen LogP contribution in [0.5, 0.6) is 0 Å². The second-order valence-corrected chi connectivity index (χ2v) is 8.05. The maximum absolute atomic E-state index is 12.8. The van der Waals surface area contributed by atoms with Crippen LogP contribution in [0.4, 0.5) is 0 Å². The van der Waals surface area contributed by atoms with Gasteiger partial charge in [0.2, 0.25) is 17.7 Å². The van der Waals surface area contributed by atoms with E-state index in [2.05, 4.69) is 38.5 Å². The summed E-state index contributed by atoms with van der Waals surface area (Å²) in [6.07, 6.45) is 1.90. The Kier molecular flexibility index (Phi) is 11.4. The molecule has 8 N–H and O–H groups in total. The summed E-state index contributed by atoms with van der Waals surface area (Å²) in [5, 5.41) is 25.3. The number of nitrogens with one attached hydrogen (secondary N) is 4. The van der Waals surface area contributed by atoms with Crippen molar-refractivity contribution >= 4 is 42.3 Å². The van der Waals surface area contributed by atoms with Crippen LogP contribution in [0.15, 0.2) is 12.5 Å². The fraction of sp³-hybridized carbons (Fsp3) is 0.579. The molecule has 0 aromatic carbocycles. The van der Waals surface area contributed by atoms with Crippen LogP contribution in [0.1, 0.15) is 32.4 Å². The molecule has 33 heavy (non-hydrogen) atoms. The van der Waals surface area contributed by atoms with E-state index in [-0.39, 0.29) is 24.5 Å². The third-order valence-electron chi connectivity index (χ3n) is 4.71. The summed E-state index contributed by atoms with van der Waals surface area (Å²) in [5.41, 5.74) is 6.27. The largest absolute Gasteiger partial charge is 0.481 e. The van der Waals surface area contributed by atoms with Gasteiger partial charge in [-0.3, -0.25) is 19.2 Å². The predicted molar refractivity (Wildman–Crippen MR) is 119 cm³/mol. The molecule has 0 saturated heterocycles. The maximum atomic E-state index is 12.8. The van der Waals surface area contributed by atoms with Gasteiger partial charge < -0.3 is 36.9 Å². The van der Waals surface area contributed by atoms with Crippen LogP contribution in [0.3, 0.4) is 0 Å². The molecule has 3 amide bonds. The molecule has 1 heterocycles. The van der Waals surface area contributed by atoms with Gasteiger partial charge in [0.1, 0.15) is 18.1 Å². The Balaban J connectivity index is 2.97. The number of nitrogens with zero attached hydrogens (tertiary/aromatic N) is 1. The molecule has 0 saturated carbocycles. The van der Waals surface area contributed by atoms with Crippen molar-refractivity contribution in [2.24, 2.45) is 11.7 Å². The molecule has 0 bridgehead atoms. The van der Waals surface area contributed by atoms with Crippen molar-refractivity contribution < 1.29 is 34.2 Å². The minimum absolute atomic E-state index is 0.0679. The van der Waals surface area contributed by atoms with Gasteiger partial charge in [-0.2, -0.15) is 12.6 Å². The maximum Gasteiger partial charge on any atom is 0.326 e. The van der Waals surface area contributed by atoms with Gasteiger partial charge in [0.15, 0.2) is 0 Å². The van der Waals surface area contributed by atoms with Gasteiger partial charge in [-0.15, -0.1) is 0 Å². The van der Waals surface area contributed by atoms with Gasteiger partial charge in [-0.05, 0) is 12.3 Å². The van der Waals surface area contributed by atoms with Crippen LogP contribution in [-0.2, 0) is 30.4 Å². The van der Waals surface area contributed by atoms with Crippen molar-refractivity contribution in [2.75, 3.05) is 5.75 Å². The normalized spacial score (nSPS) is 14.6. The number of hydrogen-bond donors (Lipinski definition) is 8. The Morgan fingerprint density at radius 2 is 1.61 bits per heavy atom. The number of aromatic amines is 1. The number of aliphatic carboxylic acids is 2. The van der Waals surface area contributed by atoms with Gasteiger partial charge in [0, 0.05) is 30.5 Å². The Morgan fingerprint density at radius 3 is 2.09 bits per heavy atom. The monoisotopic (exact) mass is 486 g/mol. The number of aromatic nitrogens is 2. The third-order valence-corrected chi connectivity index (χ3v) is 5.08. The average Bonchev–Trinajstić information content (AvgIpc) is 3.25. The molecule has 4 unspecified atom stereocenters. The Hall–Kier alpha value is -3.13. The minimum atomic E-state index is -1.47. The number of hydrogen-bond acceptors (Lipinski definition) is 8. The number of thiol groups is 1. The Morgan fingerprint density at radius 1 is 1.03 bits per heavy atom. The lowest BCUT2D eigenvalue weighted by Gasteiger charge is -2.24. The zero-order chi connectivity index (χ0) is 25.1. The zero-order valence-electron chi connectivity index (χ0n) is 18.3. The van der Waals surface area contributed by atoms with E-state index in [1.807, 2.05) is 0 Å². The van der Waals surface area contributed by atoms with Gasteiger partial charge in [0.25, 0.3) is 0 Å². The van der Waals surface area contributed by atoms with Crippen molar-refractivity contribution in [1.29, 1.82) is 0 Å². The molecule has 0 spiro atoms. The van der Waals surface area contributed by atoms with E-state index in [0.717, 1.165) is 0 Å². The molecule has 1 aromatic rings. The summed E-state index contributed by atoms with van der Waals surface area (Å²) in [6, 6.07) is -4.68. The highest BCUT2D eigenvalue weighted by Gasteiger charge is 2.30. The SMILES string of the molecule is CC(C)C(N)C(=O)NC(CS)C(=O)NC(Cc1cnc[nH]1)C(=O)NC(CCC(=O)O)C(=O)O. The number of nitrogens with two attached hydrogens (primary N) is 1. The van der Waals surface area contributed by atoms with Crippen LogP contribution < -0.4 is 21.7 Å². The van der Waals surface area contributed by atoms with Crippen molar-refractivity contribution in [3.8, 4) is 0 Å². The first-order valence-corrected chi connectivity index (χ1v) is 10.8. The minimum Gasteiger partial charge on any atom is -0.481 e. The summed E-state index contributed by atoms with van der Waals surface area (Å²) in [4.78, 5) is 66.6. The molecule has 4 atom stereocenters. The van der Waals surface area contributed by atoms with Crippen LogP contribution >= 0.6 is 12.6 Å². The molecule has 1 rings (SSSR count). The lowest BCUT2D eigenvalue weighted by atomic mass is 10.0. The summed E-state index contributed by atoms with van der Waals surface area (Å²) in [6.45, 7) is 3.49. The predicted octanol–water partition coefficient (Wildman–Crippen LogP) is -1.73. The molecule has 1 aromatic heterocycles. The quantitative estimate of drug-likeness (QED) is 0.140. The highest BCUT2D eigenvalue weighted by molar-refractivity contribution is 7.80. The number of carbonyl (C=O) groups excluding carboxylic acids is 3. The molecule has 184 valence electrons. The van der Waals surface area contributed by atoms with E-state index in [1.165, 1.54) is 12.5 Å². The number of carbonyl (C=O) groups is 5. The number of H-pyrrole nitrogens is 1. The topological polar surface area (TPSA) is 217 Å². The summed E-state index contributed by atoms with van der Waals surface area (Å²) in [5.74, 6) is -5.04. The summed E-state index contributed by atoms with van der Waals surface area (Å²) >= 11 is 4.08. The van der Waals surface area contributed by atoms with Gasteiger partial charge in [0.05, 0.1) is 12.4 Å². The lowest BCUT2D eigenvalue weighted by Crippen LogP contribution is -2.58. The second kappa shape index (κ2) is 13.4. The number of carboxylic acids is 2. The first kappa shape index (κ1) is 27.9. The fourth-order valence-corrected chi connectivity index (χ4v) is 2.92. The van der Waals surface area contributed by atoms with Gasteiger partial charge in [-0.1, -0.05) is 13.8 Å². The van der Waals surface area contributed by atoms with E-state index >= 15 is 0 Å². The number of imidazole rings is 1. The standard InChI is InChI=1S/C19H30N6O7S/c1-9(2)15(20)18(30)25-13(7-33)17(29)24-12(5-10-6-21-8-22-10)16(28)23-11(19(31)32)3-4-14(26)27/h6,8-9,11-13,15,33H,3-5,7,20H2,1-2H3,(H,21,22)(H,23,28)(H,24,29)(H,25,30)(H,26,27)(H,31,32). The van der Waals surface area contributed by atoms with Gasteiger partial charge >= 0.3 is 11.9 Å². The first-order chi connectivity index (χ1) is 15.5. The van der Waals surface area contributed by atoms with E-state index in [9.17, 15) is 29.1 Å². The number of amides is 3. The first-order valence-electron chi connectivity index (χ1n) is 10.2. The molecule has 13 nitrogen and oxygen atoms in total. The van der Waals surface area contributed by atoms with E-state index in [4.69, 9.17) is 10.8 Å². The number of carboxylic acid groups (broad SMARTS) is 2. The van der Waals surface area contributed by atoms with Crippen LogP contribution in [0, 0.1) is 5.92 Å². The Labute approximate surface area is 195 Å². The lowest BCUT2D eigenvalue weighted by molar-refractivity contribution is -0.143.